The molecule has 2 saturated heterocycles. The molecule has 0 radical (unpaired) electrons. The minimum Gasteiger partial charge on any atom is -0.342 e. The van der Waals surface area contributed by atoms with Crippen molar-refractivity contribution in [2.24, 2.45) is 11.8 Å². The summed E-state index contributed by atoms with van der Waals surface area (Å²) in [5.41, 5.74) is 0. The topological polar surface area (TPSA) is 52.7 Å². The van der Waals surface area contributed by atoms with Gasteiger partial charge in [-0.2, -0.15) is 0 Å². The second kappa shape index (κ2) is 9.49. The van der Waals surface area contributed by atoms with Crippen molar-refractivity contribution < 1.29 is 9.59 Å². The van der Waals surface area contributed by atoms with Crippen LogP contribution in [0, 0.1) is 11.8 Å². The SMILES string of the molecule is O=C(C1CCCCC1)N1CCC(NC(=O)N2CCCC2C2CCCCC2)CC1. The van der Waals surface area contributed by atoms with Gasteiger partial charge in [-0.25, -0.2) is 4.79 Å². The lowest BCUT2D eigenvalue weighted by Gasteiger charge is -2.38. The molecule has 1 unspecified atom stereocenters. The average Bonchev–Trinajstić information content (AvgIpc) is 3.25. The molecule has 1 atom stereocenters. The highest BCUT2D eigenvalue weighted by Gasteiger charge is 2.36. The number of amides is 3. The maximum absolute atomic E-state index is 13.0. The Balaban J connectivity index is 1.24. The molecule has 5 nitrogen and oxygen atoms in total. The minimum atomic E-state index is 0.158. The third-order valence-electron chi connectivity index (χ3n) is 7.84. The Morgan fingerprint density at radius 2 is 1.32 bits per heavy atom. The van der Waals surface area contributed by atoms with Crippen molar-refractivity contribution in [3.05, 3.63) is 0 Å². The number of likely N-dealkylation sites (tertiary alicyclic amines) is 2. The van der Waals surface area contributed by atoms with Crippen LogP contribution in [0.2, 0.25) is 0 Å². The summed E-state index contributed by atoms with van der Waals surface area (Å²) in [4.78, 5) is 29.9. The van der Waals surface area contributed by atoms with E-state index >= 15 is 0 Å². The van der Waals surface area contributed by atoms with Crippen LogP contribution in [0.3, 0.4) is 0 Å². The minimum absolute atomic E-state index is 0.158. The van der Waals surface area contributed by atoms with Gasteiger partial charge in [0.15, 0.2) is 0 Å². The summed E-state index contributed by atoms with van der Waals surface area (Å²) >= 11 is 0. The van der Waals surface area contributed by atoms with Crippen molar-refractivity contribution in [3.8, 4) is 0 Å². The van der Waals surface area contributed by atoms with Crippen LogP contribution in [0.4, 0.5) is 4.79 Å². The summed E-state index contributed by atoms with van der Waals surface area (Å²) in [6.07, 6.45) is 16.7. The molecule has 2 aliphatic heterocycles. The smallest absolute Gasteiger partial charge is 0.317 e. The van der Waals surface area contributed by atoms with Gasteiger partial charge in [-0.3, -0.25) is 4.79 Å². The van der Waals surface area contributed by atoms with E-state index in [1.165, 1.54) is 57.8 Å². The second-order valence-electron chi connectivity index (χ2n) is 9.69. The molecule has 28 heavy (non-hydrogen) atoms. The predicted molar refractivity (Wildman–Crippen MR) is 111 cm³/mol. The molecule has 0 bridgehead atoms. The molecule has 158 valence electrons. The zero-order valence-corrected chi connectivity index (χ0v) is 17.5. The lowest BCUT2D eigenvalue weighted by Crippen LogP contribution is -2.52. The third kappa shape index (κ3) is 4.65. The maximum Gasteiger partial charge on any atom is 0.317 e. The highest BCUT2D eigenvalue weighted by atomic mass is 16.2. The van der Waals surface area contributed by atoms with Gasteiger partial charge in [0.2, 0.25) is 5.91 Å². The summed E-state index contributed by atoms with van der Waals surface area (Å²) in [6.45, 7) is 2.55. The number of rotatable bonds is 3. The maximum atomic E-state index is 13.0. The van der Waals surface area contributed by atoms with Crippen LogP contribution in [0.15, 0.2) is 0 Å². The molecule has 0 aromatic rings. The van der Waals surface area contributed by atoms with E-state index in [9.17, 15) is 9.59 Å². The molecule has 0 aromatic heterocycles. The van der Waals surface area contributed by atoms with E-state index < -0.39 is 0 Å². The molecule has 2 aliphatic carbocycles. The Kier molecular flexibility index (Phi) is 6.79. The molecular formula is C23H39N3O2. The molecule has 4 rings (SSSR count). The van der Waals surface area contributed by atoms with Crippen molar-refractivity contribution in [2.75, 3.05) is 19.6 Å². The van der Waals surface area contributed by atoms with E-state index in [1.54, 1.807) is 0 Å². The predicted octanol–water partition coefficient (Wildman–Crippen LogP) is 4.31. The fourth-order valence-corrected chi connectivity index (χ4v) is 6.16. The van der Waals surface area contributed by atoms with E-state index in [-0.39, 0.29) is 18.0 Å². The highest BCUT2D eigenvalue weighted by Crippen LogP contribution is 2.34. The van der Waals surface area contributed by atoms with Crippen LogP contribution in [0.5, 0.6) is 0 Å². The van der Waals surface area contributed by atoms with Crippen LogP contribution in [0.25, 0.3) is 0 Å². The van der Waals surface area contributed by atoms with Crippen LogP contribution in [0.1, 0.15) is 89.9 Å². The Hall–Kier alpha value is -1.26. The molecule has 1 N–H and O–H groups in total. The van der Waals surface area contributed by atoms with E-state index in [2.05, 4.69) is 15.1 Å². The first-order valence-corrected chi connectivity index (χ1v) is 12.1. The van der Waals surface area contributed by atoms with E-state index in [0.717, 1.165) is 57.7 Å². The molecule has 4 fully saturated rings. The van der Waals surface area contributed by atoms with Crippen molar-refractivity contribution in [1.29, 1.82) is 0 Å². The molecule has 2 saturated carbocycles. The number of nitrogens with one attached hydrogen (secondary N) is 1. The van der Waals surface area contributed by atoms with Gasteiger partial charge in [0.05, 0.1) is 0 Å². The van der Waals surface area contributed by atoms with Gasteiger partial charge in [0.25, 0.3) is 0 Å². The van der Waals surface area contributed by atoms with Crippen LogP contribution < -0.4 is 5.32 Å². The number of urea groups is 1. The standard InChI is InChI=1S/C23H39N3O2/c27-22(19-10-5-2-6-11-19)25-16-13-20(14-17-25)24-23(28)26-15-7-12-21(26)18-8-3-1-4-9-18/h18-21H,1-17H2,(H,24,28). The summed E-state index contributed by atoms with van der Waals surface area (Å²) in [5.74, 6) is 1.36. The average molecular weight is 390 g/mol. The Bertz CT molecular complexity index is 532. The molecule has 0 aromatic carbocycles. The number of nitrogens with zero attached hydrogens (tertiary/aromatic N) is 2. The number of piperidine rings is 1. The van der Waals surface area contributed by atoms with Gasteiger partial charge in [-0.05, 0) is 57.3 Å². The van der Waals surface area contributed by atoms with Gasteiger partial charge in [-0.15, -0.1) is 0 Å². The first-order valence-electron chi connectivity index (χ1n) is 12.1. The largest absolute Gasteiger partial charge is 0.342 e. The molecule has 2 heterocycles. The van der Waals surface area contributed by atoms with Crippen LogP contribution >= 0.6 is 0 Å². The van der Waals surface area contributed by atoms with Crippen LogP contribution in [-0.2, 0) is 4.79 Å². The van der Waals surface area contributed by atoms with E-state index in [0.29, 0.717) is 11.9 Å². The fraction of sp³-hybridized carbons (Fsp3) is 0.913. The second-order valence-corrected chi connectivity index (χ2v) is 9.69. The van der Waals surface area contributed by atoms with Gasteiger partial charge < -0.3 is 15.1 Å². The highest BCUT2D eigenvalue weighted by molar-refractivity contribution is 5.79. The number of carbonyl (C=O) groups excluding carboxylic acids is 2. The van der Waals surface area contributed by atoms with E-state index in [1.807, 2.05) is 0 Å². The Morgan fingerprint density at radius 1 is 0.679 bits per heavy atom. The number of carbonyl (C=O) groups is 2. The van der Waals surface area contributed by atoms with Crippen molar-refractivity contribution in [3.63, 3.8) is 0 Å². The molecule has 4 aliphatic rings. The summed E-state index contributed by atoms with van der Waals surface area (Å²) in [5, 5.41) is 3.32. The number of hydrogen-bond acceptors (Lipinski definition) is 2. The van der Waals surface area contributed by atoms with Gasteiger partial charge in [0.1, 0.15) is 0 Å². The lowest BCUT2D eigenvalue weighted by molar-refractivity contribution is -0.137. The fourth-order valence-electron chi connectivity index (χ4n) is 6.16. The first kappa shape index (κ1) is 20.0. The normalized spacial score (nSPS) is 28.5. The molecule has 0 spiro atoms. The number of hydrogen-bond donors (Lipinski definition) is 1. The monoisotopic (exact) mass is 389 g/mol. The lowest BCUT2D eigenvalue weighted by atomic mass is 9.83. The first-order chi connectivity index (χ1) is 13.7. The van der Waals surface area contributed by atoms with Crippen LogP contribution in [-0.4, -0.2) is 53.5 Å². The van der Waals surface area contributed by atoms with Gasteiger partial charge >= 0.3 is 6.03 Å². The summed E-state index contributed by atoms with van der Waals surface area (Å²) in [7, 11) is 0. The van der Waals surface area contributed by atoms with E-state index in [4.69, 9.17) is 0 Å². The molecule has 5 heteroatoms. The zero-order valence-electron chi connectivity index (χ0n) is 17.5. The Morgan fingerprint density at radius 3 is 2.00 bits per heavy atom. The summed E-state index contributed by atoms with van der Waals surface area (Å²) in [6, 6.07) is 0.855. The van der Waals surface area contributed by atoms with Gasteiger partial charge in [-0.1, -0.05) is 38.5 Å². The van der Waals surface area contributed by atoms with Gasteiger partial charge in [0, 0.05) is 37.6 Å². The molecule has 3 amide bonds. The van der Waals surface area contributed by atoms with Crippen molar-refractivity contribution in [1.82, 2.24) is 15.1 Å². The third-order valence-corrected chi connectivity index (χ3v) is 7.84. The quantitative estimate of drug-likeness (QED) is 0.782. The zero-order chi connectivity index (χ0) is 19.3. The summed E-state index contributed by atoms with van der Waals surface area (Å²) < 4.78 is 0. The van der Waals surface area contributed by atoms with Crippen molar-refractivity contribution in [2.45, 2.75) is 102 Å². The Labute approximate surface area is 170 Å². The molecular weight excluding hydrogens is 350 g/mol. The van der Waals surface area contributed by atoms with Crippen molar-refractivity contribution >= 4 is 11.9 Å².